The summed E-state index contributed by atoms with van der Waals surface area (Å²) in [6.45, 7) is 7.52. The van der Waals surface area contributed by atoms with Crippen LogP contribution < -0.4 is 5.32 Å². The second-order valence-electron chi connectivity index (χ2n) is 5.14. The number of unbranched alkanes of at least 4 members (excludes halogenated alkanes) is 1. The minimum Gasteiger partial charge on any atom is -0.459 e. The Hall–Kier alpha value is -1.28. The van der Waals surface area contributed by atoms with E-state index in [0.29, 0.717) is 6.04 Å². The zero-order chi connectivity index (χ0) is 13.7. The van der Waals surface area contributed by atoms with Crippen molar-refractivity contribution in [3.8, 4) is 0 Å². The fraction of sp³-hybridized carbons (Fsp3) is 0.529. The number of hydrogen-bond donors (Lipinski definition) is 1. The molecule has 1 aromatic heterocycles. The Morgan fingerprint density at radius 3 is 2.68 bits per heavy atom. The van der Waals surface area contributed by atoms with Gasteiger partial charge < -0.3 is 9.73 Å². The van der Waals surface area contributed by atoms with Crippen LogP contribution in [0.25, 0.3) is 11.0 Å². The largest absolute Gasteiger partial charge is 0.459 e. The van der Waals surface area contributed by atoms with Gasteiger partial charge in [-0.25, -0.2) is 0 Å². The molecule has 1 N–H and O–H groups in total. The quantitative estimate of drug-likeness (QED) is 0.770. The lowest BCUT2D eigenvalue weighted by Crippen LogP contribution is -2.19. The van der Waals surface area contributed by atoms with Gasteiger partial charge in [0.25, 0.3) is 0 Å². The lowest BCUT2D eigenvalue weighted by molar-refractivity contribution is 0.428. The van der Waals surface area contributed by atoms with Crippen LogP contribution in [0.4, 0.5) is 0 Å². The van der Waals surface area contributed by atoms with Crippen LogP contribution in [0.1, 0.15) is 57.4 Å². The van der Waals surface area contributed by atoms with Gasteiger partial charge in [0.05, 0.1) is 6.04 Å². The zero-order valence-electron chi connectivity index (χ0n) is 12.3. The van der Waals surface area contributed by atoms with E-state index in [1.54, 1.807) is 0 Å². The van der Waals surface area contributed by atoms with Gasteiger partial charge in [-0.3, -0.25) is 0 Å². The summed E-state index contributed by atoms with van der Waals surface area (Å²) in [6.07, 6.45) is 4.71. The molecule has 19 heavy (non-hydrogen) atoms. The van der Waals surface area contributed by atoms with Gasteiger partial charge in [0.15, 0.2) is 0 Å². The smallest absolute Gasteiger partial charge is 0.134 e. The summed E-state index contributed by atoms with van der Waals surface area (Å²) >= 11 is 0. The maximum atomic E-state index is 5.97. The number of fused-ring (bicyclic) bond motifs is 1. The van der Waals surface area contributed by atoms with E-state index in [9.17, 15) is 0 Å². The summed E-state index contributed by atoms with van der Waals surface area (Å²) in [5.41, 5.74) is 2.42. The fourth-order valence-corrected chi connectivity index (χ4v) is 2.51. The predicted octanol–water partition coefficient (Wildman–Crippen LogP) is 4.84. The Morgan fingerprint density at radius 1 is 1.16 bits per heavy atom. The average molecular weight is 259 g/mol. The van der Waals surface area contributed by atoms with Crippen molar-refractivity contribution in [3.63, 3.8) is 0 Å². The lowest BCUT2D eigenvalue weighted by Gasteiger charge is -2.11. The number of furan rings is 1. The van der Waals surface area contributed by atoms with Gasteiger partial charge in [-0.15, -0.1) is 0 Å². The first-order valence-electron chi connectivity index (χ1n) is 7.54. The third kappa shape index (κ3) is 3.38. The highest BCUT2D eigenvalue weighted by atomic mass is 16.3. The summed E-state index contributed by atoms with van der Waals surface area (Å²) in [7, 11) is 0. The molecule has 104 valence electrons. The standard InChI is InChI=1S/C17H25NO/c1-4-7-8-13-9-10-16-14(11-13)12-17(19-16)15(5-2)18-6-3/h9-12,15,18H,4-8H2,1-3H3. The van der Waals surface area contributed by atoms with Crippen LogP contribution >= 0.6 is 0 Å². The van der Waals surface area contributed by atoms with Crippen LogP contribution in [-0.4, -0.2) is 6.54 Å². The van der Waals surface area contributed by atoms with Gasteiger partial charge >= 0.3 is 0 Å². The molecule has 1 heterocycles. The van der Waals surface area contributed by atoms with Gasteiger partial charge in [0.1, 0.15) is 11.3 Å². The molecule has 1 atom stereocenters. The van der Waals surface area contributed by atoms with Crippen LogP contribution in [0.15, 0.2) is 28.7 Å². The monoisotopic (exact) mass is 259 g/mol. The van der Waals surface area contributed by atoms with Crippen molar-refractivity contribution >= 4 is 11.0 Å². The third-order valence-electron chi connectivity index (χ3n) is 3.62. The summed E-state index contributed by atoms with van der Waals surface area (Å²) in [5, 5.41) is 4.70. The first kappa shape index (κ1) is 14.1. The molecular weight excluding hydrogens is 234 g/mol. The van der Waals surface area contributed by atoms with E-state index in [4.69, 9.17) is 4.42 Å². The molecule has 0 saturated heterocycles. The molecule has 0 saturated carbocycles. The molecule has 0 aliphatic carbocycles. The predicted molar refractivity (Wildman–Crippen MR) is 81.5 cm³/mol. The van der Waals surface area contributed by atoms with Crippen molar-refractivity contribution in [3.05, 3.63) is 35.6 Å². The van der Waals surface area contributed by atoms with Gasteiger partial charge in [0.2, 0.25) is 0 Å². The van der Waals surface area contributed by atoms with Gasteiger partial charge in [-0.1, -0.05) is 33.3 Å². The van der Waals surface area contributed by atoms with Crippen LogP contribution in [0.5, 0.6) is 0 Å². The third-order valence-corrected chi connectivity index (χ3v) is 3.62. The molecule has 1 aromatic carbocycles. The van der Waals surface area contributed by atoms with Crippen LogP contribution in [0, 0.1) is 0 Å². The van der Waals surface area contributed by atoms with E-state index < -0.39 is 0 Å². The topological polar surface area (TPSA) is 25.2 Å². The second-order valence-corrected chi connectivity index (χ2v) is 5.14. The lowest BCUT2D eigenvalue weighted by atomic mass is 10.1. The summed E-state index contributed by atoms with van der Waals surface area (Å²) in [5.74, 6) is 1.06. The molecular formula is C17H25NO. The molecule has 2 nitrogen and oxygen atoms in total. The maximum absolute atomic E-state index is 5.97. The van der Waals surface area contributed by atoms with Crippen molar-refractivity contribution in [2.45, 2.75) is 52.5 Å². The molecule has 0 fully saturated rings. The summed E-state index contributed by atoms with van der Waals surface area (Å²) in [4.78, 5) is 0. The van der Waals surface area contributed by atoms with Crippen molar-refractivity contribution in [1.82, 2.24) is 5.32 Å². The molecule has 0 aliphatic rings. The second kappa shape index (κ2) is 6.76. The summed E-state index contributed by atoms with van der Waals surface area (Å²) < 4.78 is 5.97. The highest BCUT2D eigenvalue weighted by Crippen LogP contribution is 2.26. The van der Waals surface area contributed by atoms with Gasteiger partial charge in [0, 0.05) is 5.39 Å². The van der Waals surface area contributed by atoms with Gasteiger partial charge in [-0.2, -0.15) is 0 Å². The Labute approximate surface area is 116 Å². The molecule has 0 spiro atoms. The van der Waals surface area contributed by atoms with Crippen LogP contribution in [-0.2, 0) is 6.42 Å². The maximum Gasteiger partial charge on any atom is 0.134 e. The Bertz CT molecular complexity index is 515. The summed E-state index contributed by atoms with van der Waals surface area (Å²) in [6, 6.07) is 9.11. The van der Waals surface area contributed by atoms with Crippen molar-refractivity contribution < 1.29 is 4.42 Å². The number of aryl methyl sites for hydroxylation is 1. The number of hydrogen-bond acceptors (Lipinski definition) is 2. The normalized spacial score (nSPS) is 13.0. The van der Waals surface area contributed by atoms with Crippen molar-refractivity contribution in [2.75, 3.05) is 6.54 Å². The van der Waals surface area contributed by atoms with Crippen molar-refractivity contribution in [2.24, 2.45) is 0 Å². The van der Waals surface area contributed by atoms with E-state index in [2.05, 4.69) is 50.4 Å². The number of nitrogens with one attached hydrogen (secondary N) is 1. The van der Waals surface area contributed by atoms with Crippen LogP contribution in [0.3, 0.4) is 0 Å². The highest BCUT2D eigenvalue weighted by molar-refractivity contribution is 5.78. The molecule has 2 rings (SSSR count). The van der Waals surface area contributed by atoms with E-state index in [1.807, 2.05) is 0 Å². The van der Waals surface area contributed by atoms with E-state index in [-0.39, 0.29) is 0 Å². The van der Waals surface area contributed by atoms with E-state index in [1.165, 1.54) is 23.8 Å². The first-order valence-corrected chi connectivity index (χ1v) is 7.54. The molecule has 0 radical (unpaired) electrons. The number of benzene rings is 1. The average Bonchev–Trinajstić information content (AvgIpc) is 2.85. The molecule has 2 heteroatoms. The SMILES string of the molecule is CCCCc1ccc2oc(C(CC)NCC)cc2c1. The van der Waals surface area contributed by atoms with Crippen LogP contribution in [0.2, 0.25) is 0 Å². The highest BCUT2D eigenvalue weighted by Gasteiger charge is 2.13. The first-order chi connectivity index (χ1) is 9.28. The Morgan fingerprint density at radius 2 is 2.00 bits per heavy atom. The molecule has 0 amide bonds. The Kier molecular flexibility index (Phi) is 5.03. The minimum absolute atomic E-state index is 0.330. The molecule has 2 aromatic rings. The minimum atomic E-state index is 0.330. The van der Waals surface area contributed by atoms with E-state index >= 15 is 0 Å². The van der Waals surface area contributed by atoms with Crippen molar-refractivity contribution in [1.29, 1.82) is 0 Å². The molecule has 0 bridgehead atoms. The molecule has 0 aliphatic heterocycles. The van der Waals surface area contributed by atoms with Gasteiger partial charge in [-0.05, 0) is 49.6 Å². The zero-order valence-corrected chi connectivity index (χ0v) is 12.3. The molecule has 1 unspecified atom stereocenters. The van der Waals surface area contributed by atoms with E-state index in [0.717, 1.165) is 30.7 Å². The Balaban J connectivity index is 2.24. The fourth-order valence-electron chi connectivity index (χ4n) is 2.51. The number of rotatable bonds is 7.